The first-order chi connectivity index (χ1) is 12.2. The first kappa shape index (κ1) is 15.1. The lowest BCUT2D eigenvalue weighted by atomic mass is 10.2. The number of anilines is 1. The Kier molecular flexibility index (Phi) is 3.78. The molecule has 4 aromatic rings. The third-order valence-electron chi connectivity index (χ3n) is 3.97. The van der Waals surface area contributed by atoms with Crippen molar-refractivity contribution in [2.24, 2.45) is 0 Å². The number of nitrogens with zero attached hydrogens (tertiary/aromatic N) is 4. The van der Waals surface area contributed by atoms with Gasteiger partial charge >= 0.3 is 0 Å². The molecule has 0 N–H and O–H groups in total. The van der Waals surface area contributed by atoms with Crippen molar-refractivity contribution < 1.29 is 9.32 Å². The number of hydrogen-bond acceptors (Lipinski definition) is 4. The van der Waals surface area contributed by atoms with E-state index in [4.69, 9.17) is 4.52 Å². The van der Waals surface area contributed by atoms with E-state index in [9.17, 15) is 4.79 Å². The summed E-state index contributed by atoms with van der Waals surface area (Å²) in [5, 5.41) is 3.87. The minimum Gasteiger partial charge on any atom is -0.361 e. The molecular formula is C19H16N4O2. The number of carbonyl (C=O) groups is 1. The van der Waals surface area contributed by atoms with Gasteiger partial charge in [-0.2, -0.15) is 0 Å². The van der Waals surface area contributed by atoms with Gasteiger partial charge in [-0.15, -0.1) is 0 Å². The lowest BCUT2D eigenvalue weighted by Crippen LogP contribution is -2.31. The van der Waals surface area contributed by atoms with Crippen LogP contribution in [0.3, 0.4) is 0 Å². The normalized spacial score (nSPS) is 10.9. The standard InChI is InChI=1S/C19H16N4O2/c1-14-11-17(21-25-14)19(24)23(15-7-3-2-4-8-15)13-16-12-20-18-9-5-6-10-22(16)18/h2-12H,13H2,1H3. The second-order valence-corrected chi connectivity index (χ2v) is 5.73. The molecule has 0 atom stereocenters. The minimum atomic E-state index is -0.214. The molecule has 0 radical (unpaired) electrons. The van der Waals surface area contributed by atoms with Crippen molar-refractivity contribution in [2.45, 2.75) is 13.5 Å². The van der Waals surface area contributed by atoms with Gasteiger partial charge in [-0.1, -0.05) is 29.4 Å². The summed E-state index contributed by atoms with van der Waals surface area (Å²) in [4.78, 5) is 19.1. The van der Waals surface area contributed by atoms with Crippen LogP contribution >= 0.6 is 0 Å². The van der Waals surface area contributed by atoms with Crippen LogP contribution in [0.1, 0.15) is 21.9 Å². The fourth-order valence-corrected chi connectivity index (χ4v) is 2.76. The van der Waals surface area contributed by atoms with E-state index >= 15 is 0 Å². The maximum atomic E-state index is 13.0. The van der Waals surface area contributed by atoms with Gasteiger partial charge in [-0.3, -0.25) is 4.79 Å². The summed E-state index contributed by atoms with van der Waals surface area (Å²) in [5.41, 5.74) is 2.83. The molecule has 0 bridgehead atoms. The molecular weight excluding hydrogens is 316 g/mol. The molecule has 0 aliphatic rings. The molecule has 0 spiro atoms. The molecule has 0 fully saturated rings. The van der Waals surface area contributed by atoms with Crippen molar-refractivity contribution >= 4 is 17.2 Å². The first-order valence-corrected chi connectivity index (χ1v) is 7.93. The molecule has 0 aliphatic heterocycles. The summed E-state index contributed by atoms with van der Waals surface area (Å²) in [6.07, 6.45) is 3.72. The predicted octanol–water partition coefficient (Wildman–Crippen LogP) is 3.48. The Labute approximate surface area is 144 Å². The fraction of sp³-hybridized carbons (Fsp3) is 0.105. The third-order valence-corrected chi connectivity index (χ3v) is 3.97. The number of carbonyl (C=O) groups excluding carboxylic acids is 1. The second kappa shape index (κ2) is 6.24. The van der Waals surface area contributed by atoms with Crippen LogP contribution in [0.25, 0.3) is 5.65 Å². The Morgan fingerprint density at radius 3 is 2.72 bits per heavy atom. The summed E-state index contributed by atoms with van der Waals surface area (Å²) >= 11 is 0. The highest BCUT2D eigenvalue weighted by Crippen LogP contribution is 2.20. The molecule has 1 aromatic carbocycles. The monoisotopic (exact) mass is 332 g/mol. The highest BCUT2D eigenvalue weighted by atomic mass is 16.5. The topological polar surface area (TPSA) is 63.6 Å². The maximum Gasteiger partial charge on any atom is 0.280 e. The number of benzene rings is 1. The van der Waals surface area contributed by atoms with E-state index in [0.29, 0.717) is 12.3 Å². The van der Waals surface area contributed by atoms with Crippen molar-refractivity contribution in [3.8, 4) is 0 Å². The van der Waals surface area contributed by atoms with Crippen LogP contribution in [0, 0.1) is 6.92 Å². The van der Waals surface area contributed by atoms with E-state index in [2.05, 4.69) is 10.1 Å². The number of para-hydroxylation sites is 1. The molecule has 3 aromatic heterocycles. The van der Waals surface area contributed by atoms with Gasteiger partial charge in [0.1, 0.15) is 11.4 Å². The summed E-state index contributed by atoms with van der Waals surface area (Å²) < 4.78 is 7.03. The Balaban J connectivity index is 1.74. The zero-order valence-corrected chi connectivity index (χ0v) is 13.7. The number of fused-ring (bicyclic) bond motifs is 1. The quantitative estimate of drug-likeness (QED) is 0.574. The van der Waals surface area contributed by atoms with Crippen LogP contribution in [0.2, 0.25) is 0 Å². The van der Waals surface area contributed by atoms with Gasteiger partial charge in [0.2, 0.25) is 0 Å². The van der Waals surface area contributed by atoms with E-state index in [-0.39, 0.29) is 11.6 Å². The number of pyridine rings is 1. The average molecular weight is 332 g/mol. The van der Waals surface area contributed by atoms with Crippen molar-refractivity contribution in [1.29, 1.82) is 0 Å². The van der Waals surface area contributed by atoms with Gasteiger partial charge in [-0.25, -0.2) is 4.98 Å². The molecule has 0 saturated carbocycles. The maximum absolute atomic E-state index is 13.0. The van der Waals surface area contributed by atoms with Crippen LogP contribution in [-0.4, -0.2) is 20.4 Å². The van der Waals surface area contributed by atoms with Crippen molar-refractivity contribution in [3.05, 3.63) is 84.1 Å². The Bertz CT molecular complexity index is 1020. The molecule has 6 heteroatoms. The Morgan fingerprint density at radius 2 is 1.96 bits per heavy atom. The third kappa shape index (κ3) is 2.89. The highest BCUT2D eigenvalue weighted by molar-refractivity contribution is 6.04. The molecule has 3 heterocycles. The summed E-state index contributed by atoms with van der Waals surface area (Å²) in [7, 11) is 0. The van der Waals surface area contributed by atoms with Gasteiger partial charge in [0.05, 0.1) is 18.4 Å². The number of hydrogen-bond donors (Lipinski definition) is 0. The fourth-order valence-electron chi connectivity index (χ4n) is 2.76. The predicted molar refractivity (Wildman–Crippen MR) is 93.4 cm³/mol. The number of imidazole rings is 1. The smallest absolute Gasteiger partial charge is 0.280 e. The van der Waals surface area contributed by atoms with Crippen LogP contribution in [-0.2, 0) is 6.54 Å². The van der Waals surface area contributed by atoms with Crippen LogP contribution in [0.4, 0.5) is 5.69 Å². The van der Waals surface area contributed by atoms with E-state index in [1.807, 2.05) is 59.1 Å². The zero-order chi connectivity index (χ0) is 17.2. The van der Waals surface area contributed by atoms with E-state index in [0.717, 1.165) is 17.0 Å². The lowest BCUT2D eigenvalue weighted by molar-refractivity contribution is 0.0976. The SMILES string of the molecule is Cc1cc(C(=O)N(Cc2cnc3ccccn23)c2ccccc2)no1. The molecule has 0 saturated heterocycles. The van der Waals surface area contributed by atoms with Crippen molar-refractivity contribution in [3.63, 3.8) is 0 Å². The van der Waals surface area contributed by atoms with Gasteiger partial charge < -0.3 is 13.8 Å². The minimum absolute atomic E-state index is 0.214. The van der Waals surface area contributed by atoms with Crippen LogP contribution < -0.4 is 4.90 Å². The molecule has 0 aliphatic carbocycles. The number of aromatic nitrogens is 3. The highest BCUT2D eigenvalue weighted by Gasteiger charge is 2.22. The van der Waals surface area contributed by atoms with Crippen LogP contribution in [0.5, 0.6) is 0 Å². The Hall–Kier alpha value is -3.41. The molecule has 0 unspecified atom stereocenters. The molecule has 4 rings (SSSR count). The van der Waals surface area contributed by atoms with Crippen molar-refractivity contribution in [1.82, 2.24) is 14.5 Å². The van der Waals surface area contributed by atoms with Gasteiger partial charge in [-0.05, 0) is 31.2 Å². The number of amides is 1. The summed E-state index contributed by atoms with van der Waals surface area (Å²) in [6, 6.07) is 17.0. The molecule has 1 amide bonds. The summed E-state index contributed by atoms with van der Waals surface area (Å²) in [6.45, 7) is 2.14. The summed E-state index contributed by atoms with van der Waals surface area (Å²) in [5.74, 6) is 0.389. The van der Waals surface area contributed by atoms with Gasteiger partial charge in [0.25, 0.3) is 5.91 Å². The van der Waals surface area contributed by atoms with Crippen molar-refractivity contribution in [2.75, 3.05) is 4.90 Å². The number of aryl methyl sites for hydroxylation is 1. The largest absolute Gasteiger partial charge is 0.361 e. The molecule has 6 nitrogen and oxygen atoms in total. The first-order valence-electron chi connectivity index (χ1n) is 7.93. The average Bonchev–Trinajstić information content (AvgIpc) is 3.26. The van der Waals surface area contributed by atoms with Gasteiger partial charge in [0, 0.05) is 18.0 Å². The molecule has 25 heavy (non-hydrogen) atoms. The van der Waals surface area contributed by atoms with E-state index in [1.165, 1.54) is 0 Å². The lowest BCUT2D eigenvalue weighted by Gasteiger charge is -2.21. The molecule has 124 valence electrons. The number of rotatable bonds is 4. The zero-order valence-electron chi connectivity index (χ0n) is 13.7. The van der Waals surface area contributed by atoms with E-state index in [1.54, 1.807) is 24.1 Å². The van der Waals surface area contributed by atoms with E-state index < -0.39 is 0 Å². The van der Waals surface area contributed by atoms with Gasteiger partial charge in [0.15, 0.2) is 5.69 Å². The van der Waals surface area contributed by atoms with Crippen LogP contribution in [0.15, 0.2) is 71.5 Å². The Morgan fingerprint density at radius 1 is 1.16 bits per heavy atom. The second-order valence-electron chi connectivity index (χ2n) is 5.73.